The van der Waals surface area contributed by atoms with Crippen molar-refractivity contribution in [3.63, 3.8) is 0 Å². The third-order valence-electron chi connectivity index (χ3n) is 8.02. The molecule has 8 heteroatoms. The van der Waals surface area contributed by atoms with Gasteiger partial charge in [-0.3, -0.25) is 9.21 Å². The van der Waals surface area contributed by atoms with E-state index < -0.39 is 10.0 Å². The van der Waals surface area contributed by atoms with Crippen molar-refractivity contribution in [3.8, 4) is 0 Å². The molecule has 1 saturated heterocycles. The van der Waals surface area contributed by atoms with Crippen molar-refractivity contribution >= 4 is 27.4 Å². The molecule has 0 bridgehead atoms. The van der Waals surface area contributed by atoms with Gasteiger partial charge in [-0.15, -0.1) is 10.2 Å². The monoisotopic (exact) mass is 517 g/mol. The van der Waals surface area contributed by atoms with Crippen molar-refractivity contribution in [3.05, 3.63) is 70.8 Å². The minimum absolute atomic E-state index is 0.403. The lowest BCUT2D eigenvalue weighted by molar-refractivity contribution is 0.176. The lowest BCUT2D eigenvalue weighted by Crippen LogP contribution is -2.33. The highest BCUT2D eigenvalue weighted by Gasteiger charge is 2.40. The number of benzene rings is 2. The number of nitrogens with zero attached hydrogens (tertiary/aromatic N) is 5. The number of sulfonamides is 1. The molecule has 0 spiro atoms. The Labute approximate surface area is 219 Å². The molecule has 0 N–H and O–H groups in total. The fourth-order valence-corrected chi connectivity index (χ4v) is 7.57. The van der Waals surface area contributed by atoms with Gasteiger partial charge in [-0.1, -0.05) is 25.1 Å². The molecule has 0 radical (unpaired) electrons. The van der Waals surface area contributed by atoms with Gasteiger partial charge in [-0.05, 0) is 103 Å². The third-order valence-corrected chi connectivity index (χ3v) is 9.86. The lowest BCUT2D eigenvalue weighted by atomic mass is 9.97. The van der Waals surface area contributed by atoms with E-state index in [0.29, 0.717) is 29.0 Å². The number of piperidine rings is 1. The molecule has 2 fully saturated rings. The van der Waals surface area contributed by atoms with Crippen LogP contribution in [0.2, 0.25) is 0 Å². The van der Waals surface area contributed by atoms with Crippen LogP contribution < -0.4 is 4.31 Å². The Morgan fingerprint density at radius 3 is 2.73 bits per heavy atom. The molecule has 1 saturated carbocycles. The van der Waals surface area contributed by atoms with Crippen molar-refractivity contribution in [2.75, 3.05) is 17.4 Å². The summed E-state index contributed by atoms with van der Waals surface area (Å²) >= 11 is 0. The molecule has 2 aromatic carbocycles. The number of rotatable bonds is 6. The van der Waals surface area contributed by atoms with E-state index in [0.717, 1.165) is 60.6 Å². The topological polar surface area (TPSA) is 71.3 Å². The maximum Gasteiger partial charge on any atom is 0.264 e. The Hall–Kier alpha value is -2.97. The molecule has 6 rings (SSSR count). The van der Waals surface area contributed by atoms with Crippen LogP contribution in [0.1, 0.15) is 73.5 Å². The number of hydrogen-bond acceptors (Lipinski definition) is 5. The molecule has 0 unspecified atom stereocenters. The molecule has 0 amide bonds. The van der Waals surface area contributed by atoms with E-state index in [1.54, 1.807) is 10.6 Å². The van der Waals surface area contributed by atoms with Crippen molar-refractivity contribution in [1.82, 2.24) is 19.7 Å². The van der Waals surface area contributed by atoms with Crippen LogP contribution in [-0.4, -0.2) is 41.2 Å². The average molecular weight is 518 g/mol. The SMILES string of the molecule is C/C(=C\c1nncn1C)c1cccc(N2Cc3c(C4CC4)cc(CN4CCC[C@H](C)C4)cc3S2(=O)=O)c1. The maximum atomic E-state index is 13.9. The molecule has 1 aliphatic carbocycles. The molecule has 3 aromatic rings. The first-order valence-electron chi connectivity index (χ1n) is 13.3. The number of aryl methyl sites for hydroxylation is 1. The second-order valence-electron chi connectivity index (χ2n) is 11.1. The van der Waals surface area contributed by atoms with Crippen LogP contribution in [0.3, 0.4) is 0 Å². The minimum Gasteiger partial charge on any atom is -0.317 e. The van der Waals surface area contributed by atoms with Gasteiger partial charge in [0.1, 0.15) is 6.33 Å². The molecule has 3 heterocycles. The van der Waals surface area contributed by atoms with E-state index in [1.165, 1.54) is 18.4 Å². The molecule has 37 heavy (non-hydrogen) atoms. The van der Waals surface area contributed by atoms with Gasteiger partial charge >= 0.3 is 0 Å². The summed E-state index contributed by atoms with van der Waals surface area (Å²) < 4.78 is 31.3. The number of allylic oxidation sites excluding steroid dienone is 1. The molecule has 194 valence electrons. The van der Waals surface area contributed by atoms with Gasteiger partial charge in [0.15, 0.2) is 5.82 Å². The highest BCUT2D eigenvalue weighted by atomic mass is 32.2. The fourth-order valence-electron chi connectivity index (χ4n) is 5.85. The first-order chi connectivity index (χ1) is 17.8. The fraction of sp³-hybridized carbons (Fsp3) is 0.448. The third kappa shape index (κ3) is 4.73. The van der Waals surface area contributed by atoms with E-state index in [4.69, 9.17) is 0 Å². The summed E-state index contributed by atoms with van der Waals surface area (Å²) in [5.74, 6) is 1.95. The number of likely N-dealkylation sites (tertiary alicyclic amines) is 1. The molecule has 2 aliphatic heterocycles. The Morgan fingerprint density at radius 1 is 1.16 bits per heavy atom. The van der Waals surface area contributed by atoms with E-state index in [2.05, 4.69) is 28.1 Å². The van der Waals surface area contributed by atoms with Crippen molar-refractivity contribution in [2.24, 2.45) is 13.0 Å². The van der Waals surface area contributed by atoms with Gasteiger partial charge in [0, 0.05) is 20.1 Å². The summed E-state index contributed by atoms with van der Waals surface area (Å²) in [4.78, 5) is 3.00. The molecule has 3 aliphatic rings. The normalized spacial score (nSPS) is 21.9. The van der Waals surface area contributed by atoms with Gasteiger partial charge in [-0.25, -0.2) is 8.42 Å². The van der Waals surface area contributed by atoms with Crippen LogP contribution in [0.5, 0.6) is 0 Å². The first kappa shape index (κ1) is 24.4. The maximum absolute atomic E-state index is 13.9. The van der Waals surface area contributed by atoms with E-state index in [1.807, 2.05) is 54.9 Å². The Bertz CT molecular complexity index is 1470. The van der Waals surface area contributed by atoms with Crippen LogP contribution in [0.25, 0.3) is 11.6 Å². The number of aromatic nitrogens is 3. The summed E-state index contributed by atoms with van der Waals surface area (Å²) in [7, 11) is -1.73. The van der Waals surface area contributed by atoms with Gasteiger partial charge < -0.3 is 4.57 Å². The number of anilines is 1. The zero-order chi connectivity index (χ0) is 25.7. The molecule has 1 atom stereocenters. The predicted octanol–water partition coefficient (Wildman–Crippen LogP) is 5.19. The molecular weight excluding hydrogens is 482 g/mol. The van der Waals surface area contributed by atoms with E-state index in [9.17, 15) is 8.42 Å². The lowest BCUT2D eigenvalue weighted by Gasteiger charge is -2.31. The van der Waals surface area contributed by atoms with Crippen LogP contribution in [0, 0.1) is 5.92 Å². The van der Waals surface area contributed by atoms with Gasteiger partial charge in [-0.2, -0.15) is 0 Å². The number of hydrogen-bond donors (Lipinski definition) is 0. The van der Waals surface area contributed by atoms with Crippen molar-refractivity contribution in [2.45, 2.75) is 63.4 Å². The standard InChI is InChI=1S/C29H35N5O2S/c1-20-6-5-11-33(16-20)17-22-13-26(23-9-10-23)27-18-34(37(35,36)28(27)14-22)25-8-4-7-24(15-25)21(2)12-29-31-30-19-32(29)3/h4,7-8,12-15,19-20,23H,5-6,9-11,16-18H2,1-3H3/b21-12+/t20-/m0/s1. The van der Waals surface area contributed by atoms with E-state index in [-0.39, 0.29) is 0 Å². The predicted molar refractivity (Wildman–Crippen MR) is 146 cm³/mol. The summed E-state index contributed by atoms with van der Waals surface area (Å²) in [6.07, 6.45) is 8.44. The van der Waals surface area contributed by atoms with Crippen LogP contribution in [0.15, 0.2) is 47.6 Å². The summed E-state index contributed by atoms with van der Waals surface area (Å²) in [6, 6.07) is 12.1. The Morgan fingerprint density at radius 2 is 2.00 bits per heavy atom. The summed E-state index contributed by atoms with van der Waals surface area (Å²) in [5, 5.41) is 8.09. The van der Waals surface area contributed by atoms with Crippen LogP contribution in [-0.2, 0) is 30.2 Å². The van der Waals surface area contributed by atoms with Gasteiger partial charge in [0.25, 0.3) is 10.0 Å². The number of fused-ring (bicyclic) bond motifs is 1. The highest BCUT2D eigenvalue weighted by molar-refractivity contribution is 7.93. The van der Waals surface area contributed by atoms with Crippen molar-refractivity contribution < 1.29 is 8.42 Å². The van der Waals surface area contributed by atoms with Crippen LogP contribution in [0.4, 0.5) is 5.69 Å². The zero-order valence-corrected chi connectivity index (χ0v) is 22.7. The summed E-state index contributed by atoms with van der Waals surface area (Å²) in [6.45, 7) is 7.73. The van der Waals surface area contributed by atoms with E-state index >= 15 is 0 Å². The second-order valence-corrected chi connectivity index (χ2v) is 12.9. The van der Waals surface area contributed by atoms with Gasteiger partial charge in [0.2, 0.25) is 0 Å². The second kappa shape index (κ2) is 9.40. The van der Waals surface area contributed by atoms with Crippen LogP contribution >= 0.6 is 0 Å². The Balaban J connectivity index is 1.33. The minimum atomic E-state index is -3.63. The van der Waals surface area contributed by atoms with Gasteiger partial charge in [0.05, 0.1) is 17.1 Å². The zero-order valence-electron chi connectivity index (χ0n) is 21.9. The molecule has 7 nitrogen and oxygen atoms in total. The molecular formula is C29H35N5O2S. The average Bonchev–Trinajstić information content (AvgIpc) is 3.59. The quantitative estimate of drug-likeness (QED) is 0.450. The summed E-state index contributed by atoms with van der Waals surface area (Å²) in [5.41, 5.74) is 6.05. The Kier molecular flexibility index (Phi) is 6.19. The molecule has 1 aromatic heterocycles. The highest BCUT2D eigenvalue weighted by Crippen LogP contribution is 2.47. The first-order valence-corrected chi connectivity index (χ1v) is 14.8. The smallest absolute Gasteiger partial charge is 0.264 e. The largest absolute Gasteiger partial charge is 0.317 e. The van der Waals surface area contributed by atoms with Crippen molar-refractivity contribution in [1.29, 1.82) is 0 Å².